The molecule has 2 heteroatoms. The topological polar surface area (TPSA) is 15.3 Å². The van der Waals surface area contributed by atoms with Gasteiger partial charge in [0, 0.05) is 12.1 Å². The first kappa shape index (κ1) is 14.0. The Morgan fingerprint density at radius 1 is 1.19 bits per heavy atom. The minimum Gasteiger partial charge on any atom is -0.314 e. The highest BCUT2D eigenvalue weighted by Crippen LogP contribution is 2.18. The zero-order chi connectivity index (χ0) is 11.8. The van der Waals surface area contributed by atoms with E-state index in [0.717, 1.165) is 12.1 Å². The van der Waals surface area contributed by atoms with Crippen LogP contribution in [0.1, 0.15) is 58.8 Å². The third-order valence-corrected chi connectivity index (χ3v) is 3.79. The monoisotopic (exact) mass is 226 g/mol. The van der Waals surface area contributed by atoms with Gasteiger partial charge in [0.1, 0.15) is 0 Å². The fourth-order valence-corrected chi connectivity index (χ4v) is 1.97. The Morgan fingerprint density at radius 2 is 1.88 bits per heavy atom. The van der Waals surface area contributed by atoms with E-state index in [2.05, 4.69) is 31.1 Å². The third kappa shape index (κ3) is 6.49. The molecule has 1 aliphatic rings. The lowest BCUT2D eigenvalue weighted by Crippen LogP contribution is -2.29. The van der Waals surface area contributed by atoms with E-state index >= 15 is 0 Å². The number of hydrogen-bond donors (Lipinski definition) is 1. The van der Waals surface area contributed by atoms with Crippen molar-refractivity contribution in [2.75, 3.05) is 20.1 Å². The average Bonchev–Trinajstić information content (AvgIpc) is 3.10. The Morgan fingerprint density at radius 3 is 2.50 bits per heavy atom. The molecule has 0 heterocycles. The quantitative estimate of drug-likeness (QED) is 0.576. The zero-order valence-electron chi connectivity index (χ0n) is 11.5. The summed E-state index contributed by atoms with van der Waals surface area (Å²) in [7, 11) is 2.25. The van der Waals surface area contributed by atoms with Crippen LogP contribution in [0.25, 0.3) is 0 Å². The summed E-state index contributed by atoms with van der Waals surface area (Å²) < 4.78 is 0. The molecule has 1 saturated carbocycles. The summed E-state index contributed by atoms with van der Waals surface area (Å²) in [5.41, 5.74) is 0. The summed E-state index contributed by atoms with van der Waals surface area (Å²) in [6.45, 7) is 7.10. The van der Waals surface area contributed by atoms with Crippen LogP contribution < -0.4 is 5.32 Å². The number of nitrogens with zero attached hydrogens (tertiary/aromatic N) is 1. The van der Waals surface area contributed by atoms with Crippen LogP contribution in [0, 0.1) is 0 Å². The van der Waals surface area contributed by atoms with Crippen molar-refractivity contribution >= 4 is 0 Å². The van der Waals surface area contributed by atoms with Gasteiger partial charge in [0.2, 0.25) is 0 Å². The van der Waals surface area contributed by atoms with Crippen LogP contribution in [0.2, 0.25) is 0 Å². The van der Waals surface area contributed by atoms with Gasteiger partial charge in [-0.2, -0.15) is 0 Å². The largest absolute Gasteiger partial charge is 0.314 e. The molecule has 1 aliphatic carbocycles. The van der Waals surface area contributed by atoms with Gasteiger partial charge in [-0.1, -0.05) is 19.8 Å². The molecule has 0 spiro atoms. The fraction of sp³-hybridized carbons (Fsp3) is 1.00. The normalized spacial score (nSPS) is 18.0. The van der Waals surface area contributed by atoms with Crippen LogP contribution >= 0.6 is 0 Å². The molecule has 0 aromatic heterocycles. The Kier molecular flexibility index (Phi) is 7.06. The van der Waals surface area contributed by atoms with Crippen molar-refractivity contribution in [3.05, 3.63) is 0 Å². The maximum Gasteiger partial charge on any atom is 0.00682 e. The summed E-state index contributed by atoms with van der Waals surface area (Å²) >= 11 is 0. The van der Waals surface area contributed by atoms with Crippen molar-refractivity contribution in [2.45, 2.75) is 70.9 Å². The van der Waals surface area contributed by atoms with Crippen LogP contribution in [0.15, 0.2) is 0 Å². The minimum absolute atomic E-state index is 0.747. The van der Waals surface area contributed by atoms with E-state index in [4.69, 9.17) is 0 Å². The summed E-state index contributed by atoms with van der Waals surface area (Å²) in [5, 5.41) is 3.57. The summed E-state index contributed by atoms with van der Waals surface area (Å²) in [4.78, 5) is 2.49. The van der Waals surface area contributed by atoms with Gasteiger partial charge >= 0.3 is 0 Å². The SMILES string of the molecule is CCC(C)N(C)CCCCCCNC1CC1. The highest BCUT2D eigenvalue weighted by atomic mass is 15.1. The highest BCUT2D eigenvalue weighted by molar-refractivity contribution is 4.80. The van der Waals surface area contributed by atoms with Crippen molar-refractivity contribution in [2.24, 2.45) is 0 Å². The number of rotatable bonds is 10. The second kappa shape index (κ2) is 8.08. The van der Waals surface area contributed by atoms with Crippen molar-refractivity contribution in [1.29, 1.82) is 0 Å². The molecule has 0 radical (unpaired) electrons. The van der Waals surface area contributed by atoms with Gasteiger partial charge in [0.25, 0.3) is 0 Å². The van der Waals surface area contributed by atoms with Crippen LogP contribution in [0.5, 0.6) is 0 Å². The van der Waals surface area contributed by atoms with Crippen LogP contribution in [0.3, 0.4) is 0 Å². The third-order valence-electron chi connectivity index (χ3n) is 3.79. The average molecular weight is 226 g/mol. The molecule has 0 aliphatic heterocycles. The highest BCUT2D eigenvalue weighted by Gasteiger charge is 2.19. The number of hydrogen-bond acceptors (Lipinski definition) is 2. The minimum atomic E-state index is 0.747. The molecular formula is C14H30N2. The number of nitrogens with one attached hydrogen (secondary N) is 1. The molecule has 1 unspecified atom stereocenters. The summed E-state index contributed by atoms with van der Waals surface area (Å²) in [5.74, 6) is 0. The van der Waals surface area contributed by atoms with Gasteiger partial charge in [0.15, 0.2) is 0 Å². The van der Waals surface area contributed by atoms with Crippen LogP contribution in [0.4, 0.5) is 0 Å². The molecule has 0 aromatic carbocycles. The molecular weight excluding hydrogens is 196 g/mol. The molecule has 1 fully saturated rings. The molecule has 1 rings (SSSR count). The van der Waals surface area contributed by atoms with Gasteiger partial charge in [0.05, 0.1) is 0 Å². The molecule has 0 saturated heterocycles. The van der Waals surface area contributed by atoms with Crippen molar-refractivity contribution in [3.63, 3.8) is 0 Å². The Hall–Kier alpha value is -0.0800. The Labute approximate surface area is 102 Å². The van der Waals surface area contributed by atoms with E-state index in [1.807, 2.05) is 0 Å². The van der Waals surface area contributed by atoms with Crippen LogP contribution in [-0.4, -0.2) is 37.1 Å². The van der Waals surface area contributed by atoms with Crippen molar-refractivity contribution in [1.82, 2.24) is 10.2 Å². The van der Waals surface area contributed by atoms with Crippen LogP contribution in [-0.2, 0) is 0 Å². The predicted octanol–water partition coefficient (Wildman–Crippen LogP) is 3.03. The molecule has 1 N–H and O–H groups in total. The first-order valence-corrected chi connectivity index (χ1v) is 7.17. The lowest BCUT2D eigenvalue weighted by Gasteiger charge is -2.23. The van der Waals surface area contributed by atoms with E-state index in [-0.39, 0.29) is 0 Å². The molecule has 96 valence electrons. The van der Waals surface area contributed by atoms with Gasteiger partial charge in [-0.15, -0.1) is 0 Å². The lowest BCUT2D eigenvalue weighted by atomic mass is 10.1. The number of unbranched alkanes of at least 4 members (excludes halogenated alkanes) is 3. The van der Waals surface area contributed by atoms with E-state index in [0.29, 0.717) is 0 Å². The summed E-state index contributed by atoms with van der Waals surface area (Å²) in [6, 6.07) is 1.63. The Balaban J connectivity index is 1.79. The maximum absolute atomic E-state index is 3.57. The predicted molar refractivity (Wildman–Crippen MR) is 71.9 cm³/mol. The van der Waals surface area contributed by atoms with E-state index < -0.39 is 0 Å². The smallest absolute Gasteiger partial charge is 0.00682 e. The zero-order valence-corrected chi connectivity index (χ0v) is 11.5. The second-order valence-corrected chi connectivity index (χ2v) is 5.38. The van der Waals surface area contributed by atoms with Gasteiger partial charge in [-0.25, -0.2) is 0 Å². The van der Waals surface area contributed by atoms with Gasteiger partial charge in [-0.05, 0) is 59.2 Å². The van der Waals surface area contributed by atoms with Gasteiger partial charge < -0.3 is 10.2 Å². The molecule has 16 heavy (non-hydrogen) atoms. The summed E-state index contributed by atoms with van der Waals surface area (Å²) in [6.07, 6.45) is 9.62. The first-order chi connectivity index (χ1) is 7.74. The fourth-order valence-electron chi connectivity index (χ4n) is 1.97. The van der Waals surface area contributed by atoms with E-state index in [9.17, 15) is 0 Å². The standard InChI is InChI=1S/C14H30N2/c1-4-13(2)16(3)12-8-6-5-7-11-15-14-9-10-14/h13-15H,4-12H2,1-3H3. The van der Waals surface area contributed by atoms with E-state index in [1.165, 1.54) is 58.0 Å². The molecule has 0 aromatic rings. The first-order valence-electron chi connectivity index (χ1n) is 7.17. The molecule has 1 atom stereocenters. The maximum atomic E-state index is 3.57. The van der Waals surface area contributed by atoms with Gasteiger partial charge in [-0.3, -0.25) is 0 Å². The Bertz CT molecular complexity index is 166. The molecule has 0 amide bonds. The van der Waals surface area contributed by atoms with E-state index in [1.54, 1.807) is 0 Å². The molecule has 0 bridgehead atoms. The second-order valence-electron chi connectivity index (χ2n) is 5.38. The van der Waals surface area contributed by atoms with Crippen molar-refractivity contribution in [3.8, 4) is 0 Å². The van der Waals surface area contributed by atoms with Crippen molar-refractivity contribution < 1.29 is 0 Å². The molecule has 2 nitrogen and oxygen atoms in total. The lowest BCUT2D eigenvalue weighted by molar-refractivity contribution is 0.246.